The Balaban J connectivity index is 0.00000210. The summed E-state index contributed by atoms with van der Waals surface area (Å²) in [6.07, 6.45) is 4.08. The van der Waals surface area contributed by atoms with Crippen LogP contribution in [-0.4, -0.2) is 33.8 Å². The minimum atomic E-state index is -0.242. The molecule has 3 aromatic heterocycles. The molecule has 4 heterocycles. The van der Waals surface area contributed by atoms with Gasteiger partial charge in [0.15, 0.2) is 10.8 Å². The van der Waals surface area contributed by atoms with Crippen LogP contribution >= 0.6 is 23.7 Å². The smallest absolute Gasteiger partial charge is 0.277 e. The molecule has 0 saturated carbocycles. The van der Waals surface area contributed by atoms with E-state index in [0.29, 0.717) is 16.9 Å². The molecule has 1 aliphatic heterocycles. The number of halogens is 1. The lowest BCUT2D eigenvalue weighted by atomic mass is 10.1. The van der Waals surface area contributed by atoms with Crippen molar-refractivity contribution in [3.05, 3.63) is 40.9 Å². The van der Waals surface area contributed by atoms with Crippen LogP contribution in [-0.2, 0) is 0 Å². The Morgan fingerprint density at radius 2 is 2.30 bits per heavy atom. The van der Waals surface area contributed by atoms with E-state index >= 15 is 0 Å². The monoisotopic (exact) mass is 407 g/mol. The molecule has 0 aromatic carbocycles. The van der Waals surface area contributed by atoms with Crippen molar-refractivity contribution in [2.24, 2.45) is 0 Å². The second-order valence-electron chi connectivity index (χ2n) is 6.50. The summed E-state index contributed by atoms with van der Waals surface area (Å²) < 4.78 is 7.43. The molecule has 0 aliphatic carbocycles. The van der Waals surface area contributed by atoms with Crippen molar-refractivity contribution in [3.8, 4) is 11.3 Å². The molecule has 1 fully saturated rings. The second-order valence-corrected chi connectivity index (χ2v) is 7.36. The van der Waals surface area contributed by atoms with E-state index < -0.39 is 0 Å². The highest BCUT2D eigenvalue weighted by Crippen LogP contribution is 2.29. The van der Waals surface area contributed by atoms with Crippen molar-refractivity contribution in [1.29, 1.82) is 0 Å². The fourth-order valence-corrected chi connectivity index (χ4v) is 3.93. The average Bonchev–Trinajstić information content (AvgIpc) is 3.35. The Hall–Kier alpha value is -2.16. The van der Waals surface area contributed by atoms with Crippen molar-refractivity contribution < 1.29 is 9.21 Å². The SMILES string of the molecule is Cc1cc(-c2csc(NC(=O)c3ccn(C4CCCNC4)n3)n2)c(C)o1.Cl. The predicted octanol–water partition coefficient (Wildman–Crippen LogP) is 3.82. The zero-order valence-corrected chi connectivity index (χ0v) is 16.8. The van der Waals surface area contributed by atoms with Crippen molar-refractivity contribution >= 4 is 34.8 Å². The van der Waals surface area contributed by atoms with E-state index in [9.17, 15) is 4.79 Å². The summed E-state index contributed by atoms with van der Waals surface area (Å²) in [5.74, 6) is 1.43. The van der Waals surface area contributed by atoms with Gasteiger partial charge in [-0.15, -0.1) is 23.7 Å². The van der Waals surface area contributed by atoms with Crippen molar-refractivity contribution in [2.45, 2.75) is 32.7 Å². The number of carbonyl (C=O) groups excluding carboxylic acids is 1. The molecule has 4 rings (SSSR count). The van der Waals surface area contributed by atoms with Crippen LogP contribution in [0.4, 0.5) is 5.13 Å². The number of hydrogen-bond acceptors (Lipinski definition) is 6. The van der Waals surface area contributed by atoms with Gasteiger partial charge in [0.1, 0.15) is 11.5 Å². The third-order valence-corrected chi connectivity index (χ3v) is 5.29. The van der Waals surface area contributed by atoms with Gasteiger partial charge in [-0.1, -0.05) is 0 Å². The number of nitrogens with one attached hydrogen (secondary N) is 2. The van der Waals surface area contributed by atoms with Crippen LogP contribution in [0.2, 0.25) is 0 Å². The number of furan rings is 1. The molecule has 1 unspecified atom stereocenters. The molecule has 2 N–H and O–H groups in total. The molecule has 144 valence electrons. The predicted molar refractivity (Wildman–Crippen MR) is 108 cm³/mol. The summed E-state index contributed by atoms with van der Waals surface area (Å²) in [4.78, 5) is 17.0. The molecule has 0 radical (unpaired) electrons. The highest BCUT2D eigenvalue weighted by molar-refractivity contribution is 7.14. The Bertz CT molecular complexity index is 926. The Kier molecular flexibility index (Phi) is 5.98. The second kappa shape index (κ2) is 8.24. The van der Waals surface area contributed by atoms with E-state index in [0.717, 1.165) is 48.7 Å². The number of nitrogens with zero attached hydrogens (tertiary/aromatic N) is 3. The third-order valence-electron chi connectivity index (χ3n) is 4.53. The highest BCUT2D eigenvalue weighted by atomic mass is 35.5. The number of hydrogen-bond donors (Lipinski definition) is 2. The minimum absolute atomic E-state index is 0. The molecule has 27 heavy (non-hydrogen) atoms. The molecular weight excluding hydrogens is 386 g/mol. The van der Waals surface area contributed by atoms with Gasteiger partial charge in [-0.2, -0.15) is 5.10 Å². The first-order valence-corrected chi connectivity index (χ1v) is 9.58. The lowest BCUT2D eigenvalue weighted by Gasteiger charge is -2.22. The molecule has 9 heteroatoms. The van der Waals surface area contributed by atoms with Crippen molar-refractivity contribution in [2.75, 3.05) is 18.4 Å². The summed E-state index contributed by atoms with van der Waals surface area (Å²) in [6.45, 7) is 5.76. The zero-order chi connectivity index (χ0) is 18.1. The van der Waals surface area contributed by atoms with Crippen LogP contribution in [0, 0.1) is 13.8 Å². The number of aromatic nitrogens is 3. The fraction of sp³-hybridized carbons (Fsp3) is 0.389. The van der Waals surface area contributed by atoms with E-state index in [2.05, 4.69) is 20.7 Å². The lowest BCUT2D eigenvalue weighted by molar-refractivity contribution is 0.102. The standard InChI is InChI=1S/C18H21N5O2S.ClH/c1-11-8-14(12(2)25-11)16-10-26-18(20-16)21-17(24)15-5-7-23(22-15)13-4-3-6-19-9-13;/h5,7-8,10,13,19H,3-4,6,9H2,1-2H3,(H,20,21,24);1H. The van der Waals surface area contributed by atoms with Crippen LogP contribution < -0.4 is 10.6 Å². The van der Waals surface area contributed by atoms with Gasteiger partial charge in [0.25, 0.3) is 5.91 Å². The maximum Gasteiger partial charge on any atom is 0.277 e. The number of carbonyl (C=O) groups is 1. The summed E-state index contributed by atoms with van der Waals surface area (Å²) in [5, 5.41) is 13.1. The van der Waals surface area contributed by atoms with Gasteiger partial charge < -0.3 is 9.73 Å². The van der Waals surface area contributed by atoms with Gasteiger partial charge in [-0.3, -0.25) is 14.8 Å². The van der Waals surface area contributed by atoms with E-state index in [1.165, 1.54) is 11.3 Å². The van der Waals surface area contributed by atoms with Crippen LogP contribution in [0.15, 0.2) is 28.1 Å². The largest absolute Gasteiger partial charge is 0.466 e. The molecule has 1 saturated heterocycles. The van der Waals surface area contributed by atoms with Crippen LogP contribution in [0.1, 0.15) is 40.9 Å². The van der Waals surface area contributed by atoms with Crippen LogP contribution in [0.25, 0.3) is 11.3 Å². The summed E-state index contributed by atoms with van der Waals surface area (Å²) in [7, 11) is 0. The maximum absolute atomic E-state index is 12.5. The lowest BCUT2D eigenvalue weighted by Crippen LogP contribution is -2.32. The first kappa shape index (κ1) is 19.6. The highest BCUT2D eigenvalue weighted by Gasteiger charge is 2.19. The number of amides is 1. The Morgan fingerprint density at radius 3 is 3.00 bits per heavy atom. The van der Waals surface area contributed by atoms with Crippen molar-refractivity contribution in [1.82, 2.24) is 20.1 Å². The molecule has 0 spiro atoms. The fourth-order valence-electron chi connectivity index (χ4n) is 3.22. The molecule has 1 aliphatic rings. The molecular formula is C18H22ClN5O2S. The number of anilines is 1. The van der Waals surface area contributed by atoms with Gasteiger partial charge in [0, 0.05) is 23.7 Å². The van der Waals surface area contributed by atoms with Crippen LogP contribution in [0.5, 0.6) is 0 Å². The molecule has 1 atom stereocenters. The summed E-state index contributed by atoms with van der Waals surface area (Å²) >= 11 is 1.39. The molecule has 3 aromatic rings. The maximum atomic E-state index is 12.5. The quantitative estimate of drug-likeness (QED) is 0.686. The first-order chi connectivity index (χ1) is 12.6. The number of piperidine rings is 1. The summed E-state index contributed by atoms with van der Waals surface area (Å²) in [5.41, 5.74) is 2.16. The normalized spacial score (nSPS) is 16.7. The van der Waals surface area contributed by atoms with E-state index in [-0.39, 0.29) is 18.3 Å². The van der Waals surface area contributed by atoms with Gasteiger partial charge in [-0.25, -0.2) is 4.98 Å². The topological polar surface area (TPSA) is 85.0 Å². The number of thiazole rings is 1. The van der Waals surface area contributed by atoms with E-state index in [1.807, 2.05) is 36.2 Å². The van der Waals surface area contributed by atoms with E-state index in [4.69, 9.17) is 4.42 Å². The Morgan fingerprint density at radius 1 is 1.44 bits per heavy atom. The van der Waals surface area contributed by atoms with Gasteiger partial charge in [0.2, 0.25) is 0 Å². The van der Waals surface area contributed by atoms with Gasteiger partial charge in [0.05, 0.1) is 11.7 Å². The summed E-state index contributed by atoms with van der Waals surface area (Å²) in [6, 6.07) is 4.02. The van der Waals surface area contributed by atoms with Crippen LogP contribution in [0.3, 0.4) is 0 Å². The zero-order valence-electron chi connectivity index (χ0n) is 15.2. The number of rotatable bonds is 4. The first-order valence-electron chi connectivity index (χ1n) is 8.70. The minimum Gasteiger partial charge on any atom is -0.466 e. The molecule has 7 nitrogen and oxygen atoms in total. The van der Waals surface area contributed by atoms with Gasteiger partial charge >= 0.3 is 0 Å². The molecule has 1 amide bonds. The van der Waals surface area contributed by atoms with Gasteiger partial charge in [-0.05, 0) is 45.4 Å². The Labute approximate surface area is 167 Å². The van der Waals surface area contributed by atoms with E-state index in [1.54, 1.807) is 6.07 Å². The molecule has 0 bridgehead atoms. The van der Waals surface area contributed by atoms with Crippen molar-refractivity contribution in [3.63, 3.8) is 0 Å². The number of aryl methyl sites for hydroxylation is 2. The third kappa shape index (κ3) is 4.23. The average molecular weight is 408 g/mol.